The summed E-state index contributed by atoms with van der Waals surface area (Å²) in [7, 11) is 0. The van der Waals surface area contributed by atoms with E-state index in [4.69, 9.17) is 0 Å². The first-order chi connectivity index (χ1) is 5.79. The summed E-state index contributed by atoms with van der Waals surface area (Å²) in [6.07, 6.45) is 4.36. The van der Waals surface area contributed by atoms with Gasteiger partial charge in [0.05, 0.1) is 0 Å². The first-order valence-corrected chi connectivity index (χ1v) is 4.29. The molecule has 1 aliphatic rings. The molecular weight excluding hydrogens is 146 g/mol. The highest BCUT2D eigenvalue weighted by molar-refractivity contribution is 5.75. The average Bonchev–Trinajstić information content (AvgIpc) is 2.12. The average molecular weight is 159 g/mol. The normalized spacial score (nSPS) is 13.8. The van der Waals surface area contributed by atoms with Crippen LogP contribution in [0.25, 0.3) is 6.08 Å². The van der Waals surface area contributed by atoms with Crippen LogP contribution in [0.1, 0.15) is 16.7 Å². The predicted octanol–water partition coefficient (Wildman–Crippen LogP) is 2.74. The standard InChI is InChI=1S/C11H13N/c1-8-5-6-9(2)11-10(8)4-3-7-12-11/h3-6,12H,7H2,1-2H3. The maximum atomic E-state index is 3.38. The summed E-state index contributed by atoms with van der Waals surface area (Å²) in [6, 6.07) is 4.34. The van der Waals surface area contributed by atoms with Crippen LogP contribution < -0.4 is 5.32 Å². The Kier molecular flexibility index (Phi) is 1.65. The van der Waals surface area contributed by atoms with Crippen molar-refractivity contribution in [1.29, 1.82) is 0 Å². The second kappa shape index (κ2) is 2.67. The monoisotopic (exact) mass is 159 g/mol. The highest BCUT2D eigenvalue weighted by Gasteiger charge is 2.07. The lowest BCUT2D eigenvalue weighted by molar-refractivity contribution is 1.25. The Morgan fingerprint density at radius 2 is 1.92 bits per heavy atom. The maximum Gasteiger partial charge on any atom is 0.0448 e. The Bertz CT molecular complexity index is 337. The molecule has 62 valence electrons. The lowest BCUT2D eigenvalue weighted by Gasteiger charge is -2.17. The van der Waals surface area contributed by atoms with Crippen LogP contribution in [-0.2, 0) is 0 Å². The first kappa shape index (κ1) is 7.41. The molecule has 0 atom stereocenters. The van der Waals surface area contributed by atoms with Gasteiger partial charge in [-0.1, -0.05) is 24.3 Å². The van der Waals surface area contributed by atoms with Crippen LogP contribution in [0.4, 0.5) is 5.69 Å². The quantitative estimate of drug-likeness (QED) is 0.613. The molecule has 0 aliphatic carbocycles. The zero-order chi connectivity index (χ0) is 8.55. The summed E-state index contributed by atoms with van der Waals surface area (Å²) < 4.78 is 0. The van der Waals surface area contributed by atoms with Gasteiger partial charge < -0.3 is 5.32 Å². The van der Waals surface area contributed by atoms with Gasteiger partial charge in [-0.2, -0.15) is 0 Å². The van der Waals surface area contributed by atoms with Gasteiger partial charge in [0.15, 0.2) is 0 Å². The van der Waals surface area contributed by atoms with E-state index in [-0.39, 0.29) is 0 Å². The van der Waals surface area contributed by atoms with Gasteiger partial charge in [0, 0.05) is 17.8 Å². The van der Waals surface area contributed by atoms with Crippen LogP contribution in [0, 0.1) is 13.8 Å². The van der Waals surface area contributed by atoms with Crippen molar-refractivity contribution in [3.05, 3.63) is 34.9 Å². The third kappa shape index (κ3) is 1.02. The third-order valence-corrected chi connectivity index (χ3v) is 2.35. The Morgan fingerprint density at radius 1 is 1.17 bits per heavy atom. The predicted molar refractivity (Wildman–Crippen MR) is 53.4 cm³/mol. The van der Waals surface area contributed by atoms with Gasteiger partial charge in [-0.25, -0.2) is 0 Å². The molecule has 1 nitrogen and oxygen atoms in total. The minimum atomic E-state index is 0.956. The van der Waals surface area contributed by atoms with Crippen molar-refractivity contribution in [3.63, 3.8) is 0 Å². The smallest absolute Gasteiger partial charge is 0.0448 e. The molecule has 1 heteroatoms. The van der Waals surface area contributed by atoms with Crippen molar-refractivity contribution in [2.75, 3.05) is 11.9 Å². The summed E-state index contributed by atoms with van der Waals surface area (Å²) >= 11 is 0. The van der Waals surface area contributed by atoms with E-state index in [2.05, 4.69) is 43.4 Å². The number of aryl methyl sites for hydroxylation is 2. The van der Waals surface area contributed by atoms with Crippen molar-refractivity contribution in [1.82, 2.24) is 0 Å². The van der Waals surface area contributed by atoms with Gasteiger partial charge in [0.25, 0.3) is 0 Å². The second-order valence-electron chi connectivity index (χ2n) is 3.27. The van der Waals surface area contributed by atoms with Crippen LogP contribution in [0.2, 0.25) is 0 Å². The van der Waals surface area contributed by atoms with Crippen molar-refractivity contribution >= 4 is 11.8 Å². The van der Waals surface area contributed by atoms with Crippen molar-refractivity contribution in [3.8, 4) is 0 Å². The van der Waals surface area contributed by atoms with E-state index in [0.717, 1.165) is 6.54 Å². The Hall–Kier alpha value is -1.24. The number of fused-ring (bicyclic) bond motifs is 1. The summed E-state index contributed by atoms with van der Waals surface area (Å²) in [6.45, 7) is 5.25. The SMILES string of the molecule is Cc1ccc(C)c2c1C=CCN2. The highest BCUT2D eigenvalue weighted by Crippen LogP contribution is 2.27. The van der Waals surface area contributed by atoms with Crippen molar-refractivity contribution in [2.24, 2.45) is 0 Å². The summed E-state index contributed by atoms with van der Waals surface area (Å²) in [5, 5.41) is 3.38. The lowest BCUT2D eigenvalue weighted by atomic mass is 10.00. The number of benzene rings is 1. The Balaban J connectivity index is 2.67. The molecule has 2 rings (SSSR count). The van der Waals surface area contributed by atoms with E-state index in [9.17, 15) is 0 Å². The van der Waals surface area contributed by atoms with Gasteiger partial charge in [0.1, 0.15) is 0 Å². The van der Waals surface area contributed by atoms with Gasteiger partial charge in [-0.15, -0.1) is 0 Å². The fourth-order valence-electron chi connectivity index (χ4n) is 1.62. The van der Waals surface area contributed by atoms with Crippen LogP contribution in [0.5, 0.6) is 0 Å². The third-order valence-electron chi connectivity index (χ3n) is 2.35. The van der Waals surface area contributed by atoms with Crippen molar-refractivity contribution in [2.45, 2.75) is 13.8 Å². The maximum absolute atomic E-state index is 3.38. The lowest BCUT2D eigenvalue weighted by Crippen LogP contribution is -2.07. The number of nitrogens with one attached hydrogen (secondary N) is 1. The highest BCUT2D eigenvalue weighted by atomic mass is 14.9. The molecule has 1 heterocycles. The summed E-state index contributed by atoms with van der Waals surface area (Å²) in [5.41, 5.74) is 5.33. The molecule has 1 aliphatic heterocycles. The molecule has 0 unspecified atom stereocenters. The topological polar surface area (TPSA) is 12.0 Å². The van der Waals surface area contributed by atoms with E-state index >= 15 is 0 Å². The molecule has 0 radical (unpaired) electrons. The number of anilines is 1. The van der Waals surface area contributed by atoms with Crippen LogP contribution in [0.15, 0.2) is 18.2 Å². The second-order valence-corrected chi connectivity index (χ2v) is 3.27. The van der Waals surface area contributed by atoms with Crippen LogP contribution in [-0.4, -0.2) is 6.54 Å². The Labute approximate surface area is 73.1 Å². The molecule has 12 heavy (non-hydrogen) atoms. The molecular formula is C11H13N. The van der Waals surface area contributed by atoms with Crippen LogP contribution in [0.3, 0.4) is 0 Å². The zero-order valence-corrected chi connectivity index (χ0v) is 7.52. The molecule has 0 spiro atoms. The molecule has 0 fully saturated rings. The Morgan fingerprint density at radius 3 is 2.67 bits per heavy atom. The number of rotatable bonds is 0. The summed E-state index contributed by atoms with van der Waals surface area (Å²) in [5.74, 6) is 0. The van der Waals surface area contributed by atoms with Crippen molar-refractivity contribution < 1.29 is 0 Å². The minimum Gasteiger partial charge on any atom is -0.381 e. The molecule has 0 saturated heterocycles. The molecule has 1 aromatic rings. The fraction of sp³-hybridized carbons (Fsp3) is 0.273. The number of hydrogen-bond donors (Lipinski definition) is 1. The van der Waals surface area contributed by atoms with Gasteiger partial charge in [0.2, 0.25) is 0 Å². The number of hydrogen-bond acceptors (Lipinski definition) is 1. The summed E-state index contributed by atoms with van der Waals surface area (Å²) in [4.78, 5) is 0. The largest absolute Gasteiger partial charge is 0.381 e. The van der Waals surface area contributed by atoms with E-state index in [0.29, 0.717) is 0 Å². The molecule has 1 aromatic carbocycles. The van der Waals surface area contributed by atoms with Gasteiger partial charge in [-0.3, -0.25) is 0 Å². The van der Waals surface area contributed by atoms with Crippen LogP contribution >= 0.6 is 0 Å². The van der Waals surface area contributed by atoms with E-state index in [1.165, 1.54) is 22.4 Å². The van der Waals surface area contributed by atoms with Gasteiger partial charge >= 0.3 is 0 Å². The van der Waals surface area contributed by atoms with E-state index in [1.807, 2.05) is 0 Å². The van der Waals surface area contributed by atoms with Gasteiger partial charge in [-0.05, 0) is 25.0 Å². The molecule has 0 bridgehead atoms. The van der Waals surface area contributed by atoms with E-state index in [1.54, 1.807) is 0 Å². The molecule has 0 aromatic heterocycles. The zero-order valence-electron chi connectivity index (χ0n) is 7.52. The first-order valence-electron chi connectivity index (χ1n) is 4.29. The minimum absolute atomic E-state index is 0.956. The molecule has 1 N–H and O–H groups in total. The fourth-order valence-corrected chi connectivity index (χ4v) is 1.62. The molecule has 0 saturated carbocycles. The van der Waals surface area contributed by atoms with E-state index < -0.39 is 0 Å². The molecule has 0 amide bonds.